The van der Waals surface area contributed by atoms with Crippen molar-refractivity contribution in [3.8, 4) is 6.07 Å². The number of nitriles is 1. The van der Waals surface area contributed by atoms with E-state index in [-0.39, 0.29) is 29.4 Å². The first-order chi connectivity index (χ1) is 13.1. The van der Waals surface area contributed by atoms with Crippen molar-refractivity contribution in [3.05, 3.63) is 0 Å². The predicted molar refractivity (Wildman–Crippen MR) is 107 cm³/mol. The second kappa shape index (κ2) is 8.02. The lowest BCUT2D eigenvalue weighted by Gasteiger charge is -2.60. The standard InChI is InChI=1S/C22H36N4O2/c1-21(2,3)24-19(27)14-25(4)15-20(28)26(7-5-6-23)22-11-16-8-17(12-22)10-18(9-16)13-22/h16-18H,5,7-15H2,1-4H3,(H,24,27)/p+1. The average molecular weight is 390 g/mol. The molecule has 4 aliphatic carbocycles. The van der Waals surface area contributed by atoms with Crippen LogP contribution in [0.15, 0.2) is 0 Å². The van der Waals surface area contributed by atoms with Crippen LogP contribution in [0, 0.1) is 29.1 Å². The van der Waals surface area contributed by atoms with Gasteiger partial charge in [0.1, 0.15) is 0 Å². The minimum absolute atomic E-state index is 0.0311. The van der Waals surface area contributed by atoms with Crippen LogP contribution in [0.4, 0.5) is 0 Å². The number of rotatable bonds is 7. The van der Waals surface area contributed by atoms with Gasteiger partial charge in [0.15, 0.2) is 13.1 Å². The van der Waals surface area contributed by atoms with Gasteiger partial charge in [-0.1, -0.05) is 0 Å². The Bertz CT molecular complexity index is 611. The van der Waals surface area contributed by atoms with Gasteiger partial charge in [0.05, 0.1) is 19.5 Å². The van der Waals surface area contributed by atoms with Crippen molar-refractivity contribution < 1.29 is 14.5 Å². The molecule has 0 heterocycles. The lowest BCUT2D eigenvalue weighted by atomic mass is 9.52. The molecule has 0 saturated heterocycles. The van der Waals surface area contributed by atoms with Crippen LogP contribution in [0.25, 0.3) is 0 Å². The third-order valence-electron chi connectivity index (χ3n) is 6.76. The molecule has 0 aliphatic heterocycles. The molecule has 4 fully saturated rings. The monoisotopic (exact) mass is 389 g/mol. The molecule has 0 radical (unpaired) electrons. The zero-order valence-electron chi connectivity index (χ0n) is 18.0. The molecule has 0 aromatic carbocycles. The Morgan fingerprint density at radius 1 is 1.11 bits per heavy atom. The van der Waals surface area contributed by atoms with E-state index in [0.29, 0.717) is 19.5 Å². The van der Waals surface area contributed by atoms with Gasteiger partial charge in [0, 0.05) is 17.6 Å². The molecule has 4 rings (SSSR count). The SMILES string of the molecule is C[NH+](CC(=O)NC(C)(C)C)CC(=O)N(CCC#N)C12CC3CC(CC(C3)C1)C2. The molecule has 6 nitrogen and oxygen atoms in total. The number of nitrogens with zero attached hydrogens (tertiary/aromatic N) is 2. The molecule has 0 spiro atoms. The van der Waals surface area contributed by atoms with Crippen LogP contribution in [-0.2, 0) is 9.59 Å². The van der Waals surface area contributed by atoms with Crippen molar-refractivity contribution in [1.29, 1.82) is 5.26 Å². The van der Waals surface area contributed by atoms with Crippen LogP contribution < -0.4 is 10.2 Å². The third-order valence-corrected chi connectivity index (χ3v) is 6.76. The number of hydrogen-bond donors (Lipinski definition) is 2. The molecule has 1 atom stereocenters. The summed E-state index contributed by atoms with van der Waals surface area (Å²) in [5, 5.41) is 12.1. The Balaban J connectivity index is 1.66. The van der Waals surface area contributed by atoms with E-state index in [1.165, 1.54) is 19.3 Å². The van der Waals surface area contributed by atoms with Crippen molar-refractivity contribution in [2.24, 2.45) is 17.8 Å². The summed E-state index contributed by atoms with van der Waals surface area (Å²) in [6.45, 7) is 7.01. The zero-order chi connectivity index (χ0) is 20.5. The third kappa shape index (κ3) is 4.86. The minimum atomic E-state index is -0.264. The van der Waals surface area contributed by atoms with Crippen molar-refractivity contribution in [1.82, 2.24) is 10.2 Å². The molecule has 2 N–H and O–H groups in total. The highest BCUT2D eigenvalue weighted by Crippen LogP contribution is 2.57. The van der Waals surface area contributed by atoms with Gasteiger partial charge in [0.25, 0.3) is 11.8 Å². The average Bonchev–Trinajstić information content (AvgIpc) is 2.51. The number of carbonyl (C=O) groups is 2. The van der Waals surface area contributed by atoms with Crippen LogP contribution >= 0.6 is 0 Å². The lowest BCUT2D eigenvalue weighted by molar-refractivity contribution is -0.863. The van der Waals surface area contributed by atoms with E-state index in [4.69, 9.17) is 5.26 Å². The Morgan fingerprint density at radius 2 is 1.64 bits per heavy atom. The summed E-state index contributed by atoms with van der Waals surface area (Å²) in [4.78, 5) is 28.5. The quantitative estimate of drug-likeness (QED) is 0.685. The fraction of sp³-hybridized carbons (Fsp3) is 0.864. The van der Waals surface area contributed by atoms with Gasteiger partial charge in [-0.15, -0.1) is 0 Å². The fourth-order valence-corrected chi connectivity index (χ4v) is 6.34. The van der Waals surface area contributed by atoms with Crippen LogP contribution in [-0.4, -0.2) is 54.5 Å². The van der Waals surface area contributed by atoms with Gasteiger partial charge in [-0.25, -0.2) is 0 Å². The maximum absolute atomic E-state index is 13.3. The number of carbonyl (C=O) groups excluding carboxylic acids is 2. The summed E-state index contributed by atoms with van der Waals surface area (Å²) in [5.41, 5.74) is -0.296. The highest BCUT2D eigenvalue weighted by molar-refractivity contribution is 5.80. The number of hydrogen-bond acceptors (Lipinski definition) is 3. The van der Waals surface area contributed by atoms with Crippen LogP contribution in [0.1, 0.15) is 65.7 Å². The molecule has 4 bridgehead atoms. The van der Waals surface area contributed by atoms with E-state index in [2.05, 4.69) is 16.3 Å². The van der Waals surface area contributed by atoms with E-state index in [0.717, 1.165) is 41.9 Å². The number of nitrogens with one attached hydrogen (secondary N) is 2. The van der Waals surface area contributed by atoms with E-state index in [1.54, 1.807) is 0 Å². The van der Waals surface area contributed by atoms with Crippen molar-refractivity contribution >= 4 is 11.8 Å². The molecule has 28 heavy (non-hydrogen) atoms. The van der Waals surface area contributed by atoms with Gasteiger partial charge in [-0.3, -0.25) is 9.59 Å². The summed E-state index contributed by atoms with van der Waals surface area (Å²) in [5.74, 6) is 2.35. The molecular weight excluding hydrogens is 352 g/mol. The summed E-state index contributed by atoms with van der Waals surface area (Å²) >= 11 is 0. The number of likely N-dealkylation sites (N-methyl/N-ethyl adjacent to an activating group) is 1. The second-order valence-corrected chi connectivity index (χ2v) is 10.7. The van der Waals surface area contributed by atoms with Gasteiger partial charge in [-0.2, -0.15) is 5.26 Å². The fourth-order valence-electron chi connectivity index (χ4n) is 6.34. The Hall–Kier alpha value is -1.61. The first-order valence-electron chi connectivity index (χ1n) is 10.9. The number of amides is 2. The smallest absolute Gasteiger partial charge is 0.278 e. The minimum Gasteiger partial charge on any atom is -0.347 e. The van der Waals surface area contributed by atoms with Crippen molar-refractivity contribution in [2.75, 3.05) is 26.7 Å². The second-order valence-electron chi connectivity index (χ2n) is 10.7. The normalized spacial score (nSPS) is 31.9. The highest BCUT2D eigenvalue weighted by Gasteiger charge is 2.54. The van der Waals surface area contributed by atoms with Crippen molar-refractivity contribution in [2.45, 2.75) is 76.8 Å². The zero-order valence-corrected chi connectivity index (χ0v) is 18.0. The molecule has 2 amide bonds. The van der Waals surface area contributed by atoms with E-state index < -0.39 is 0 Å². The maximum atomic E-state index is 13.3. The Labute approximate surface area is 169 Å². The van der Waals surface area contributed by atoms with E-state index in [9.17, 15) is 9.59 Å². The molecule has 0 aromatic rings. The number of quaternary nitrogens is 1. The molecule has 6 heteroatoms. The highest BCUT2D eigenvalue weighted by atomic mass is 16.2. The predicted octanol–water partition coefficient (Wildman–Crippen LogP) is 1.13. The molecule has 1 unspecified atom stereocenters. The summed E-state index contributed by atoms with van der Waals surface area (Å²) in [6, 6.07) is 2.23. The largest absolute Gasteiger partial charge is 0.347 e. The van der Waals surface area contributed by atoms with E-state index in [1.807, 2.05) is 27.8 Å². The molecule has 0 aromatic heterocycles. The van der Waals surface area contributed by atoms with Gasteiger partial charge >= 0.3 is 0 Å². The summed E-state index contributed by atoms with van der Waals surface area (Å²) in [6.07, 6.45) is 7.71. The first kappa shape index (κ1) is 21.1. The van der Waals surface area contributed by atoms with Gasteiger partial charge < -0.3 is 15.1 Å². The molecule has 4 saturated carbocycles. The Morgan fingerprint density at radius 3 is 2.11 bits per heavy atom. The van der Waals surface area contributed by atoms with Gasteiger partial charge in [0.2, 0.25) is 0 Å². The summed E-state index contributed by atoms with van der Waals surface area (Å²) in [7, 11) is 1.91. The van der Waals surface area contributed by atoms with Crippen LogP contribution in [0.3, 0.4) is 0 Å². The van der Waals surface area contributed by atoms with Crippen LogP contribution in [0.5, 0.6) is 0 Å². The molecule has 4 aliphatic rings. The van der Waals surface area contributed by atoms with Gasteiger partial charge in [-0.05, 0) is 77.0 Å². The topological polar surface area (TPSA) is 77.6 Å². The van der Waals surface area contributed by atoms with Crippen LogP contribution in [0.2, 0.25) is 0 Å². The van der Waals surface area contributed by atoms with Crippen molar-refractivity contribution in [3.63, 3.8) is 0 Å². The lowest BCUT2D eigenvalue weighted by Crippen LogP contribution is -3.11. The summed E-state index contributed by atoms with van der Waals surface area (Å²) < 4.78 is 0. The van der Waals surface area contributed by atoms with E-state index >= 15 is 0 Å². The maximum Gasteiger partial charge on any atom is 0.278 e. The first-order valence-corrected chi connectivity index (χ1v) is 10.9. The molecule has 156 valence electrons. The molecular formula is C22H37N4O2+. The Kier molecular flexibility index (Phi) is 6.05.